The normalized spacial score (nSPS) is 16.7. The van der Waals surface area contributed by atoms with Crippen LogP contribution in [0.4, 0.5) is 0 Å². The van der Waals surface area contributed by atoms with Gasteiger partial charge < -0.3 is 14.9 Å². The van der Waals surface area contributed by atoms with Crippen LogP contribution in [0.5, 0.6) is 0 Å². The van der Waals surface area contributed by atoms with E-state index in [0.717, 1.165) is 85.3 Å². The molecule has 2 saturated carbocycles. The Bertz CT molecular complexity index is 7740. The molecule has 756 valence electrons. The quantitative estimate of drug-likeness (QED) is 0.0222. The lowest BCUT2D eigenvalue weighted by atomic mass is 9.92. The van der Waals surface area contributed by atoms with Crippen LogP contribution in [-0.2, 0) is 114 Å². The molecule has 5 unspecified atom stereocenters. The highest BCUT2D eigenvalue weighted by Gasteiger charge is 2.36. The number of benzene rings is 9. The maximum atomic E-state index is 12.9. The van der Waals surface area contributed by atoms with Crippen LogP contribution < -0.4 is 49.5 Å². The minimum absolute atomic E-state index is 0.00898. The average Bonchev–Trinajstić information content (AvgIpc) is 0.776. The SMILES string of the molecule is Cc1cc(CC(=O)CCc2ccc3c(=O)n(C4CCC(=O)CC4=O)ccc3c2)ccc1Cl.Cc1ccc(CC(=O)CCc2ccc3c(=O)n(C4CCC(=O)CC4=O)ccc3c2)cc1Cl.NC(=O)c1cccc2nnn(C3CCC(=O)NC3=O)c(=O)c12.O=C(CCc1ccc2c(=O)n(C3CCC(=O)NC3=O)nnc2c1)Cc1cccc(Cl)c1.O=C1CCC(n2nnc3cc(CCC(=S)Cc4cccc(Cl)c4)ccc3c2=O)C(=O)N1. The Morgan fingerprint density at radius 3 is 1.16 bits per heavy atom. The lowest BCUT2D eigenvalue weighted by Gasteiger charge is -2.22. The van der Waals surface area contributed by atoms with Crippen molar-refractivity contribution in [3.63, 3.8) is 0 Å². The molecule has 9 aromatic carbocycles. The Morgan fingerprint density at radius 1 is 0.358 bits per heavy atom. The number of amides is 7. The fourth-order valence-electron chi connectivity index (χ4n) is 18.2. The molecular weight excluding hydrogens is 2000 g/mol. The van der Waals surface area contributed by atoms with E-state index in [1.54, 1.807) is 60.9 Å². The molecule has 14 aromatic rings. The zero-order valence-corrected chi connectivity index (χ0v) is 83.9. The number of piperidine rings is 3. The zero-order chi connectivity index (χ0) is 105. The summed E-state index contributed by atoms with van der Waals surface area (Å²) < 4.78 is 5.88. The van der Waals surface area contributed by atoms with Crippen LogP contribution in [0.1, 0.15) is 199 Å². The molecule has 0 bridgehead atoms. The second kappa shape index (κ2) is 48.2. The first-order valence-electron chi connectivity index (χ1n) is 47.8. The number of thiocarbonyl (C=S) groups is 1. The number of rotatable bonds is 26. The predicted octanol–water partition coefficient (Wildman–Crippen LogP) is 13.1. The molecule has 19 rings (SSSR count). The number of pyridine rings is 2. The summed E-state index contributed by atoms with van der Waals surface area (Å²) in [4.78, 5) is 231. The molecule has 39 heteroatoms. The number of aromatic nitrogens is 11. The number of carbonyl (C=O) groups excluding carboxylic acids is 14. The zero-order valence-electron chi connectivity index (χ0n) is 80.1. The number of Topliss-reactive ketones (excluding diaryl/α,β-unsaturated/α-hetero) is 7. The number of nitrogens with zero attached hydrogens (tertiary/aromatic N) is 11. The fraction of sp³-hybridized carbons (Fsp3) is 0.284. The van der Waals surface area contributed by atoms with Gasteiger partial charge >= 0.3 is 0 Å². The van der Waals surface area contributed by atoms with Crippen molar-refractivity contribution in [2.45, 2.75) is 198 Å². The molecule has 5 aromatic heterocycles. The second-order valence-corrected chi connectivity index (χ2v) is 39.1. The summed E-state index contributed by atoms with van der Waals surface area (Å²) in [6.07, 6.45) is 11.4. The van der Waals surface area contributed by atoms with Gasteiger partial charge in [0.2, 0.25) is 23.6 Å². The third-order valence-electron chi connectivity index (χ3n) is 26.1. The summed E-state index contributed by atoms with van der Waals surface area (Å²) in [5, 5.41) is 36.2. The van der Waals surface area contributed by atoms with Crippen molar-refractivity contribution in [1.82, 2.24) is 70.1 Å². The first kappa shape index (κ1) is 107. The van der Waals surface area contributed by atoms with E-state index in [2.05, 4.69) is 46.9 Å². The lowest BCUT2D eigenvalue weighted by Crippen LogP contribution is -2.45. The molecule has 0 radical (unpaired) electrons. The molecular formula is C109H97Cl4N15O19S. The molecule has 3 aliphatic heterocycles. The van der Waals surface area contributed by atoms with E-state index in [-0.39, 0.29) is 131 Å². The standard InChI is InChI=1S/2C26H24ClNO4.C22H19ClN4O4.C22H19ClN4O3S.C13H11N5O4/c1-16-12-18(4-8-23(16)27)14-20(29)5-2-17-3-7-22-19(13-17)10-11-28(26(22)32)24-9-6-21(30)15-25(24)31;1-16-2-3-18(14-23(16)27)13-20(29)6-4-17-5-8-22-19(12-17)10-11-28(26(22)32)24-9-7-21(30)15-25(24)31;23-15-3-1-2-14(10-15)11-16(28)6-4-13-5-7-17-18(12-13)25-26-27(22(17)31)19-8-9-20(29)24-21(19)30;23-15-3-1-2-14(10-15)11-16(31)6-4-13-5-7-17-18(12-13)25-26-27(22(17)30)19-8-9-20(28)24-21(19)29;14-11(20)6-2-1-3-7-10(6)13(22)18(17-16-7)8-4-5-9(19)15-12(8)21/h3-4,7-8,10-13,24H,2,5-6,9,14-15H2,1H3;2-3,5,8,10-12,14,24H,4,6-7,9,13,15H2,1H3;1-3,5,7,10,12,19H,4,6,8-9,11H2,(H,24,29,30);1-3,5,7,10,12,19H,4,6,8-9,11H2,(H,24,28,29);1-3,8H,4-5H2,(H2,14,20)(H,15,19,21). The van der Waals surface area contributed by atoms with Gasteiger partial charge in [-0.15, -0.1) is 15.3 Å². The van der Waals surface area contributed by atoms with E-state index in [4.69, 9.17) is 64.4 Å². The van der Waals surface area contributed by atoms with Crippen molar-refractivity contribution in [3.05, 3.63) is 334 Å². The van der Waals surface area contributed by atoms with Crippen LogP contribution in [0.25, 0.3) is 54.3 Å². The first-order valence-corrected chi connectivity index (χ1v) is 49.7. The van der Waals surface area contributed by atoms with Crippen molar-refractivity contribution in [3.8, 4) is 0 Å². The van der Waals surface area contributed by atoms with Gasteiger partial charge in [0.05, 0.1) is 46.6 Å². The number of halogens is 4. The number of ketones is 7. The highest BCUT2D eigenvalue weighted by atomic mass is 35.5. The number of nitrogens with two attached hydrogens (primary N) is 1. The maximum absolute atomic E-state index is 12.9. The highest BCUT2D eigenvalue weighted by Crippen LogP contribution is 2.31. The van der Waals surface area contributed by atoms with E-state index < -0.39 is 76.4 Å². The topological polar surface area (TPSA) is 488 Å². The van der Waals surface area contributed by atoms with Gasteiger partial charge in [0.25, 0.3) is 45.5 Å². The van der Waals surface area contributed by atoms with Crippen LogP contribution in [0.15, 0.2) is 224 Å². The molecule has 8 heterocycles. The first-order chi connectivity index (χ1) is 70.9. The molecule has 7 amide bonds. The molecule has 5 fully saturated rings. The van der Waals surface area contributed by atoms with E-state index in [1.807, 2.05) is 135 Å². The van der Waals surface area contributed by atoms with Gasteiger partial charge in [-0.1, -0.05) is 165 Å². The van der Waals surface area contributed by atoms with Gasteiger partial charge in [0, 0.05) is 120 Å². The third kappa shape index (κ3) is 26.6. The van der Waals surface area contributed by atoms with E-state index in [1.165, 1.54) is 27.3 Å². The van der Waals surface area contributed by atoms with Gasteiger partial charge in [0.15, 0.2) is 11.6 Å². The van der Waals surface area contributed by atoms with Crippen LogP contribution in [0, 0.1) is 13.8 Å². The summed E-state index contributed by atoms with van der Waals surface area (Å²) in [5.41, 5.74) is 14.0. The summed E-state index contributed by atoms with van der Waals surface area (Å²) in [6, 6.07) is 52.1. The molecule has 5 atom stereocenters. The summed E-state index contributed by atoms with van der Waals surface area (Å²) in [6.45, 7) is 3.85. The van der Waals surface area contributed by atoms with E-state index in [9.17, 15) is 91.1 Å². The van der Waals surface area contributed by atoms with E-state index in [0.29, 0.717) is 155 Å². The molecule has 5 aliphatic rings. The molecule has 5 N–H and O–H groups in total. The van der Waals surface area contributed by atoms with Crippen LogP contribution in [0.3, 0.4) is 0 Å². The van der Waals surface area contributed by atoms with Crippen molar-refractivity contribution in [2.75, 3.05) is 0 Å². The van der Waals surface area contributed by atoms with Gasteiger partial charge in [-0.3, -0.25) is 107 Å². The molecule has 2 aliphatic carbocycles. The maximum Gasteiger partial charge on any atom is 0.279 e. The Balaban J connectivity index is 0.000000139. The number of aryl methyl sites for hydroxylation is 6. The van der Waals surface area contributed by atoms with E-state index >= 15 is 0 Å². The fourth-order valence-corrected chi connectivity index (χ4v) is 19.2. The number of hydrogen-bond donors (Lipinski definition) is 4. The van der Waals surface area contributed by atoms with Gasteiger partial charge in [-0.25, -0.2) is 0 Å². The van der Waals surface area contributed by atoms with Crippen LogP contribution in [-0.4, -0.2) is 141 Å². The largest absolute Gasteiger partial charge is 0.366 e. The summed E-state index contributed by atoms with van der Waals surface area (Å²) in [5.74, 6) is -3.76. The highest BCUT2D eigenvalue weighted by molar-refractivity contribution is 7.80. The van der Waals surface area contributed by atoms with Gasteiger partial charge in [-0.05, 0) is 246 Å². The number of imide groups is 3. The average molecular weight is 2090 g/mol. The number of hydrogen-bond acceptors (Lipinski definition) is 26. The number of carbonyl (C=O) groups is 14. The van der Waals surface area contributed by atoms with Crippen molar-refractivity contribution in [2.24, 2.45) is 5.73 Å². The summed E-state index contributed by atoms with van der Waals surface area (Å²) in [7, 11) is 0. The second-order valence-electron chi connectivity index (χ2n) is 36.8. The Labute approximate surface area is 868 Å². The molecule has 3 saturated heterocycles. The third-order valence-corrected chi connectivity index (χ3v) is 27.8. The van der Waals surface area contributed by atoms with Crippen molar-refractivity contribution >= 4 is 200 Å². The minimum atomic E-state index is -0.942. The minimum Gasteiger partial charge on any atom is -0.366 e. The number of primary amides is 1. The van der Waals surface area contributed by atoms with Crippen molar-refractivity contribution < 1.29 is 67.1 Å². The monoisotopic (exact) mass is 2090 g/mol. The molecule has 148 heavy (non-hydrogen) atoms. The van der Waals surface area contributed by atoms with Gasteiger partial charge in [-0.2, -0.15) is 14.0 Å². The smallest absolute Gasteiger partial charge is 0.279 e. The van der Waals surface area contributed by atoms with Gasteiger partial charge in [0.1, 0.15) is 63.6 Å². The number of fused-ring (bicyclic) bond motifs is 5. The Kier molecular flexibility index (Phi) is 34.7. The van der Waals surface area contributed by atoms with Crippen molar-refractivity contribution in [1.29, 1.82) is 0 Å². The summed E-state index contributed by atoms with van der Waals surface area (Å²) >= 11 is 29.7. The van der Waals surface area contributed by atoms with Crippen LogP contribution >= 0.6 is 58.6 Å². The molecule has 0 spiro atoms. The Hall–Kier alpha value is -15.6. The predicted molar refractivity (Wildman–Crippen MR) is 557 cm³/mol. The number of nitrogens with one attached hydrogen (secondary N) is 3. The van der Waals surface area contributed by atoms with Crippen LogP contribution in [0.2, 0.25) is 20.1 Å². The Morgan fingerprint density at radius 2 is 0.736 bits per heavy atom. The molecule has 34 nitrogen and oxygen atoms in total. The lowest BCUT2D eigenvalue weighted by molar-refractivity contribution is -0.137.